The second-order valence-electron chi connectivity index (χ2n) is 4.66. The van der Waals surface area contributed by atoms with Crippen LogP contribution < -0.4 is 5.73 Å². The summed E-state index contributed by atoms with van der Waals surface area (Å²) in [5, 5.41) is 0. The maximum Gasteiger partial charge on any atom is 0.302 e. The summed E-state index contributed by atoms with van der Waals surface area (Å²) in [6, 6.07) is 0. The Morgan fingerprint density at radius 2 is 2.32 bits per heavy atom. The lowest BCUT2D eigenvalue weighted by Crippen LogP contribution is -2.36. The number of carbonyl (C=O) groups excluding carboxylic acids is 2. The summed E-state index contributed by atoms with van der Waals surface area (Å²) in [5.41, 5.74) is 5.83. The minimum Gasteiger partial charge on any atom is -0.463 e. The molecule has 0 radical (unpaired) electrons. The van der Waals surface area contributed by atoms with Crippen molar-refractivity contribution in [3.8, 4) is 0 Å². The highest BCUT2D eigenvalue weighted by Gasteiger charge is 2.30. The quantitative estimate of drug-likeness (QED) is 0.740. The van der Waals surface area contributed by atoms with Crippen LogP contribution in [-0.4, -0.2) is 42.3 Å². The molecule has 1 fully saturated rings. The molecule has 1 saturated heterocycles. The van der Waals surface area contributed by atoms with E-state index in [9.17, 15) is 9.59 Å². The lowest BCUT2D eigenvalue weighted by Gasteiger charge is -2.29. The first-order chi connectivity index (χ1) is 9.06. The third-order valence-corrected chi connectivity index (χ3v) is 3.17. The van der Waals surface area contributed by atoms with Crippen LogP contribution in [0.5, 0.6) is 0 Å². The van der Waals surface area contributed by atoms with Crippen LogP contribution in [0.4, 0.5) is 0 Å². The number of rotatable bonds is 4. The van der Waals surface area contributed by atoms with Crippen molar-refractivity contribution in [3.63, 3.8) is 0 Å². The Labute approximate surface area is 111 Å². The average Bonchev–Trinajstić information content (AvgIpc) is 2.85. The zero-order valence-corrected chi connectivity index (χ0v) is 10.9. The zero-order valence-electron chi connectivity index (χ0n) is 10.9. The molecule has 6 nitrogen and oxygen atoms in total. The Balaban J connectivity index is 1.85. The number of primary amides is 1. The van der Waals surface area contributed by atoms with Crippen LogP contribution >= 0.6 is 0 Å². The van der Waals surface area contributed by atoms with Crippen LogP contribution in [0.25, 0.3) is 0 Å². The molecule has 2 heterocycles. The number of carbonyl (C=O) groups is 2. The maximum atomic E-state index is 11.2. The fourth-order valence-electron chi connectivity index (χ4n) is 2.19. The number of nitrogens with zero attached hydrogens (tertiary/aromatic N) is 1. The number of amides is 1. The summed E-state index contributed by atoms with van der Waals surface area (Å²) in [4.78, 5) is 23.8. The Morgan fingerprint density at radius 3 is 3.00 bits per heavy atom. The smallest absolute Gasteiger partial charge is 0.302 e. The minimum absolute atomic E-state index is 0.0785. The summed E-state index contributed by atoms with van der Waals surface area (Å²) >= 11 is 0. The SMILES string of the molecule is CC(=O)OCC1CC[C@H](N2C=CC=C(C(N)=O)C2)O1. The van der Waals surface area contributed by atoms with Gasteiger partial charge in [-0.1, -0.05) is 6.08 Å². The molecule has 0 bridgehead atoms. The second-order valence-corrected chi connectivity index (χ2v) is 4.66. The van der Waals surface area contributed by atoms with Crippen molar-refractivity contribution in [1.29, 1.82) is 0 Å². The van der Waals surface area contributed by atoms with E-state index in [1.165, 1.54) is 6.92 Å². The zero-order chi connectivity index (χ0) is 13.8. The number of allylic oxidation sites excluding steroid dienone is 2. The van der Waals surface area contributed by atoms with Gasteiger partial charge in [-0.2, -0.15) is 0 Å². The summed E-state index contributed by atoms with van der Waals surface area (Å²) in [7, 11) is 0. The molecule has 0 saturated carbocycles. The van der Waals surface area contributed by atoms with Gasteiger partial charge in [0.15, 0.2) is 0 Å². The Bertz CT molecular complexity index is 430. The van der Waals surface area contributed by atoms with Crippen LogP contribution in [0.2, 0.25) is 0 Å². The largest absolute Gasteiger partial charge is 0.463 e. The highest BCUT2D eigenvalue weighted by atomic mass is 16.6. The Hall–Kier alpha value is -1.82. The molecule has 0 aliphatic carbocycles. The molecule has 0 spiro atoms. The average molecular weight is 266 g/mol. The van der Waals surface area contributed by atoms with E-state index in [-0.39, 0.29) is 24.9 Å². The Morgan fingerprint density at radius 1 is 1.53 bits per heavy atom. The summed E-state index contributed by atoms with van der Waals surface area (Å²) in [6.45, 7) is 2.11. The van der Waals surface area contributed by atoms with E-state index < -0.39 is 5.91 Å². The predicted molar refractivity (Wildman–Crippen MR) is 67.7 cm³/mol. The van der Waals surface area contributed by atoms with Crippen molar-refractivity contribution in [1.82, 2.24) is 4.90 Å². The first-order valence-electron chi connectivity index (χ1n) is 6.28. The maximum absolute atomic E-state index is 11.2. The Kier molecular flexibility index (Phi) is 4.21. The van der Waals surface area contributed by atoms with Crippen molar-refractivity contribution in [2.45, 2.75) is 32.1 Å². The van der Waals surface area contributed by atoms with Crippen LogP contribution in [0.3, 0.4) is 0 Å². The van der Waals surface area contributed by atoms with Gasteiger partial charge in [0.2, 0.25) is 5.91 Å². The number of esters is 1. The van der Waals surface area contributed by atoms with Crippen molar-refractivity contribution in [2.75, 3.05) is 13.2 Å². The van der Waals surface area contributed by atoms with Gasteiger partial charge < -0.3 is 20.1 Å². The van der Waals surface area contributed by atoms with Crippen molar-refractivity contribution < 1.29 is 19.1 Å². The van der Waals surface area contributed by atoms with E-state index >= 15 is 0 Å². The third-order valence-electron chi connectivity index (χ3n) is 3.17. The highest BCUT2D eigenvalue weighted by molar-refractivity contribution is 5.92. The molecule has 0 aromatic heterocycles. The van der Waals surface area contributed by atoms with Gasteiger partial charge >= 0.3 is 5.97 Å². The van der Waals surface area contributed by atoms with Gasteiger partial charge in [0.25, 0.3) is 0 Å². The molecule has 2 aliphatic rings. The molecule has 2 N–H and O–H groups in total. The molecule has 0 aromatic carbocycles. The van der Waals surface area contributed by atoms with Gasteiger partial charge in [0.05, 0.1) is 12.6 Å². The number of hydrogen-bond acceptors (Lipinski definition) is 5. The number of nitrogens with two attached hydrogens (primary N) is 1. The fraction of sp³-hybridized carbons (Fsp3) is 0.538. The summed E-state index contributed by atoms with van der Waals surface area (Å²) in [6.07, 6.45) is 6.87. The molecule has 0 aromatic rings. The van der Waals surface area contributed by atoms with Crippen LogP contribution in [0, 0.1) is 0 Å². The lowest BCUT2D eigenvalue weighted by molar-refractivity contribution is -0.146. The van der Waals surface area contributed by atoms with Gasteiger partial charge in [-0.25, -0.2) is 0 Å². The van der Waals surface area contributed by atoms with Gasteiger partial charge in [-0.15, -0.1) is 0 Å². The number of hydrogen-bond donors (Lipinski definition) is 1. The van der Waals surface area contributed by atoms with E-state index in [2.05, 4.69) is 0 Å². The molecular formula is C13H18N2O4. The molecular weight excluding hydrogens is 248 g/mol. The van der Waals surface area contributed by atoms with Gasteiger partial charge in [-0.05, 0) is 18.9 Å². The lowest BCUT2D eigenvalue weighted by atomic mass is 10.1. The van der Waals surface area contributed by atoms with Crippen LogP contribution in [0.1, 0.15) is 19.8 Å². The fourth-order valence-corrected chi connectivity index (χ4v) is 2.19. The second kappa shape index (κ2) is 5.88. The molecule has 2 atom stereocenters. The molecule has 19 heavy (non-hydrogen) atoms. The van der Waals surface area contributed by atoms with E-state index in [0.717, 1.165) is 12.8 Å². The third kappa shape index (κ3) is 3.57. The highest BCUT2D eigenvalue weighted by Crippen LogP contribution is 2.25. The molecule has 2 aliphatic heterocycles. The molecule has 1 amide bonds. The standard InChI is InChI=1S/C13H18N2O4/c1-9(16)18-8-11-4-5-12(19-11)15-6-2-3-10(7-15)13(14)17/h2-3,6,11-12H,4-5,7-8H2,1H3,(H2,14,17)/t11?,12-/m1/s1. The molecule has 2 rings (SSSR count). The van der Waals surface area contributed by atoms with E-state index in [4.69, 9.17) is 15.2 Å². The predicted octanol–water partition coefficient (Wildman–Crippen LogP) is 0.296. The van der Waals surface area contributed by atoms with E-state index in [1.807, 2.05) is 11.1 Å². The number of ether oxygens (including phenoxy) is 2. The monoisotopic (exact) mass is 266 g/mol. The van der Waals surface area contributed by atoms with E-state index in [0.29, 0.717) is 12.1 Å². The summed E-state index contributed by atoms with van der Waals surface area (Å²) in [5.74, 6) is -0.715. The molecule has 6 heteroatoms. The molecule has 104 valence electrons. The van der Waals surface area contributed by atoms with Crippen molar-refractivity contribution in [3.05, 3.63) is 23.9 Å². The van der Waals surface area contributed by atoms with E-state index in [1.54, 1.807) is 12.2 Å². The first kappa shape index (κ1) is 13.6. The van der Waals surface area contributed by atoms with Crippen molar-refractivity contribution in [2.24, 2.45) is 5.73 Å². The van der Waals surface area contributed by atoms with Gasteiger partial charge in [-0.3, -0.25) is 9.59 Å². The van der Waals surface area contributed by atoms with Crippen LogP contribution in [-0.2, 0) is 19.1 Å². The summed E-state index contributed by atoms with van der Waals surface area (Å²) < 4.78 is 10.7. The normalized spacial score (nSPS) is 26.2. The molecule has 1 unspecified atom stereocenters. The van der Waals surface area contributed by atoms with Crippen LogP contribution in [0.15, 0.2) is 23.9 Å². The topological polar surface area (TPSA) is 81.9 Å². The first-order valence-corrected chi connectivity index (χ1v) is 6.28. The minimum atomic E-state index is -0.413. The van der Waals surface area contributed by atoms with Gasteiger partial charge in [0, 0.05) is 18.7 Å². The van der Waals surface area contributed by atoms with Gasteiger partial charge in [0.1, 0.15) is 12.8 Å². The van der Waals surface area contributed by atoms with Crippen molar-refractivity contribution >= 4 is 11.9 Å².